The Bertz CT molecular complexity index is 514. The Morgan fingerprint density at radius 1 is 1.38 bits per heavy atom. The number of hydrogen-bond donors (Lipinski definition) is 2. The van der Waals surface area contributed by atoms with Crippen molar-refractivity contribution in [3.63, 3.8) is 0 Å². The van der Waals surface area contributed by atoms with Crippen LogP contribution in [0.2, 0.25) is 0 Å². The second-order valence-electron chi connectivity index (χ2n) is 4.30. The van der Waals surface area contributed by atoms with Crippen molar-refractivity contribution in [1.82, 2.24) is 5.32 Å². The number of nitro benzene ring substituents is 1. The van der Waals surface area contributed by atoms with E-state index in [1.807, 2.05) is 0 Å². The molecule has 0 aromatic heterocycles. The second kappa shape index (κ2) is 7.95. The highest BCUT2D eigenvalue weighted by molar-refractivity contribution is 5.96. The molecule has 114 valence electrons. The summed E-state index contributed by atoms with van der Waals surface area (Å²) in [4.78, 5) is 32.9. The number of nitrogens with one attached hydrogen (secondary N) is 1. The van der Waals surface area contributed by atoms with Crippen molar-refractivity contribution in [1.29, 1.82) is 0 Å². The van der Waals surface area contributed by atoms with E-state index in [4.69, 9.17) is 9.84 Å². The molecule has 0 fully saturated rings. The quantitative estimate of drug-likeness (QED) is 0.422. The fourth-order valence-corrected chi connectivity index (χ4v) is 1.67. The van der Waals surface area contributed by atoms with Gasteiger partial charge in [-0.3, -0.25) is 14.9 Å². The molecule has 0 bridgehead atoms. The Morgan fingerprint density at radius 3 is 2.48 bits per heavy atom. The van der Waals surface area contributed by atoms with Crippen molar-refractivity contribution in [2.75, 3.05) is 13.7 Å². The Balaban J connectivity index is 2.68. The fraction of sp³-hybridized carbons (Fsp3) is 0.385. The molecule has 0 aliphatic heterocycles. The topological polar surface area (TPSA) is 119 Å². The van der Waals surface area contributed by atoms with Crippen LogP contribution in [0.4, 0.5) is 5.69 Å². The summed E-state index contributed by atoms with van der Waals surface area (Å²) in [5.74, 6) is -1.73. The molecule has 0 saturated carbocycles. The molecule has 21 heavy (non-hydrogen) atoms. The number of methoxy groups -OCH3 is 1. The first-order valence-electron chi connectivity index (χ1n) is 6.22. The predicted octanol–water partition coefficient (Wildman–Crippen LogP) is 1.20. The molecule has 0 saturated heterocycles. The van der Waals surface area contributed by atoms with Gasteiger partial charge < -0.3 is 15.2 Å². The molecule has 0 radical (unpaired) electrons. The van der Waals surface area contributed by atoms with Gasteiger partial charge in [0.25, 0.3) is 11.6 Å². The maximum atomic E-state index is 11.9. The highest BCUT2D eigenvalue weighted by Crippen LogP contribution is 2.12. The number of carboxylic acid groups (broad SMARTS) is 1. The molecule has 1 rings (SSSR count). The summed E-state index contributed by atoms with van der Waals surface area (Å²) in [6, 6.07) is 3.91. The van der Waals surface area contributed by atoms with Crippen molar-refractivity contribution in [3.8, 4) is 0 Å². The summed E-state index contributed by atoms with van der Waals surface area (Å²) in [7, 11) is 1.51. The first-order chi connectivity index (χ1) is 9.95. The zero-order valence-electron chi connectivity index (χ0n) is 11.4. The van der Waals surface area contributed by atoms with E-state index in [0.29, 0.717) is 13.0 Å². The van der Waals surface area contributed by atoms with Crippen LogP contribution in [0.15, 0.2) is 24.3 Å². The lowest BCUT2D eigenvalue weighted by Gasteiger charge is -2.14. The van der Waals surface area contributed by atoms with E-state index in [9.17, 15) is 19.7 Å². The first-order valence-corrected chi connectivity index (χ1v) is 6.22. The second-order valence-corrected chi connectivity index (χ2v) is 4.30. The average molecular weight is 296 g/mol. The van der Waals surface area contributed by atoms with Crippen LogP contribution in [0.5, 0.6) is 0 Å². The van der Waals surface area contributed by atoms with E-state index >= 15 is 0 Å². The van der Waals surface area contributed by atoms with Crippen LogP contribution in [-0.2, 0) is 9.53 Å². The van der Waals surface area contributed by atoms with Gasteiger partial charge in [-0.05, 0) is 25.0 Å². The number of non-ortho nitro benzene ring substituents is 1. The van der Waals surface area contributed by atoms with Crippen LogP contribution in [0.3, 0.4) is 0 Å². The zero-order valence-corrected chi connectivity index (χ0v) is 11.4. The highest BCUT2D eigenvalue weighted by atomic mass is 16.6. The van der Waals surface area contributed by atoms with Crippen molar-refractivity contribution in [2.24, 2.45) is 0 Å². The molecule has 1 aromatic rings. The first kappa shape index (κ1) is 16.6. The molecular formula is C13H16N2O6. The number of rotatable bonds is 8. The highest BCUT2D eigenvalue weighted by Gasteiger charge is 2.20. The number of benzene rings is 1. The van der Waals surface area contributed by atoms with E-state index in [1.165, 1.54) is 31.4 Å². The number of aliphatic carboxylic acids is 1. The number of amides is 1. The lowest BCUT2D eigenvalue weighted by atomic mass is 10.1. The van der Waals surface area contributed by atoms with Crippen LogP contribution in [0, 0.1) is 10.1 Å². The molecule has 0 aliphatic rings. The molecule has 1 atom stereocenters. The van der Waals surface area contributed by atoms with Crippen LogP contribution < -0.4 is 5.32 Å². The van der Waals surface area contributed by atoms with Gasteiger partial charge in [0.15, 0.2) is 0 Å². The molecule has 1 aromatic carbocycles. The van der Waals surface area contributed by atoms with E-state index in [1.54, 1.807) is 0 Å². The summed E-state index contributed by atoms with van der Waals surface area (Å²) >= 11 is 0. The number of carbonyl (C=O) groups excluding carboxylic acids is 1. The normalized spacial score (nSPS) is 11.7. The third-order valence-electron chi connectivity index (χ3n) is 2.78. The lowest BCUT2D eigenvalue weighted by Crippen LogP contribution is -2.40. The van der Waals surface area contributed by atoms with Crippen molar-refractivity contribution in [2.45, 2.75) is 18.9 Å². The van der Waals surface area contributed by atoms with Gasteiger partial charge in [-0.15, -0.1) is 0 Å². The van der Waals surface area contributed by atoms with Crippen molar-refractivity contribution >= 4 is 17.6 Å². The molecule has 8 nitrogen and oxygen atoms in total. The number of nitrogens with zero attached hydrogens (tertiary/aromatic N) is 1. The smallest absolute Gasteiger partial charge is 0.326 e. The number of carbonyl (C=O) groups is 2. The molecular weight excluding hydrogens is 280 g/mol. The Kier molecular flexibility index (Phi) is 6.28. The van der Waals surface area contributed by atoms with Crippen LogP contribution >= 0.6 is 0 Å². The van der Waals surface area contributed by atoms with Gasteiger partial charge in [0.2, 0.25) is 0 Å². The standard InChI is InChI=1S/C13H16N2O6/c1-21-8-2-3-11(13(17)18)14-12(16)9-4-6-10(7-5-9)15(19)20/h4-7,11H,2-3,8H2,1H3,(H,14,16)(H,17,18). The molecule has 1 unspecified atom stereocenters. The van der Waals surface area contributed by atoms with Gasteiger partial charge in [-0.25, -0.2) is 4.79 Å². The van der Waals surface area contributed by atoms with Gasteiger partial charge in [0.1, 0.15) is 6.04 Å². The van der Waals surface area contributed by atoms with E-state index in [2.05, 4.69) is 5.32 Å². The van der Waals surface area contributed by atoms with Crippen LogP contribution in [0.25, 0.3) is 0 Å². The molecule has 0 aliphatic carbocycles. The SMILES string of the molecule is COCCCC(NC(=O)c1ccc([N+](=O)[O-])cc1)C(=O)O. The number of hydrogen-bond acceptors (Lipinski definition) is 5. The molecule has 2 N–H and O–H groups in total. The van der Waals surface area contributed by atoms with Crippen LogP contribution in [0.1, 0.15) is 23.2 Å². The lowest BCUT2D eigenvalue weighted by molar-refractivity contribution is -0.384. The van der Waals surface area contributed by atoms with Gasteiger partial charge in [-0.2, -0.15) is 0 Å². The predicted molar refractivity (Wildman–Crippen MR) is 73.1 cm³/mol. The Morgan fingerprint density at radius 2 is 2.00 bits per heavy atom. The fourth-order valence-electron chi connectivity index (χ4n) is 1.67. The van der Waals surface area contributed by atoms with E-state index in [0.717, 1.165) is 0 Å². The van der Waals surface area contributed by atoms with Crippen LogP contribution in [-0.4, -0.2) is 41.7 Å². The number of carboxylic acids is 1. The number of nitro groups is 1. The van der Waals surface area contributed by atoms with Crippen molar-refractivity contribution < 1.29 is 24.4 Å². The van der Waals surface area contributed by atoms with E-state index < -0.39 is 22.8 Å². The average Bonchev–Trinajstić information content (AvgIpc) is 2.46. The largest absolute Gasteiger partial charge is 0.480 e. The maximum Gasteiger partial charge on any atom is 0.326 e. The minimum absolute atomic E-state index is 0.138. The summed E-state index contributed by atoms with van der Waals surface area (Å²) in [5.41, 5.74) is 0.0278. The monoisotopic (exact) mass is 296 g/mol. The molecule has 0 heterocycles. The van der Waals surface area contributed by atoms with Gasteiger partial charge >= 0.3 is 5.97 Å². The maximum absolute atomic E-state index is 11.9. The van der Waals surface area contributed by atoms with Gasteiger partial charge in [0.05, 0.1) is 4.92 Å². The van der Waals surface area contributed by atoms with Crippen molar-refractivity contribution in [3.05, 3.63) is 39.9 Å². The third kappa shape index (κ3) is 5.19. The third-order valence-corrected chi connectivity index (χ3v) is 2.78. The minimum atomic E-state index is -1.14. The summed E-state index contributed by atoms with van der Waals surface area (Å²) in [6.07, 6.45) is 0.732. The van der Waals surface area contributed by atoms with Gasteiger partial charge in [-0.1, -0.05) is 0 Å². The summed E-state index contributed by atoms with van der Waals surface area (Å²) < 4.78 is 4.83. The summed E-state index contributed by atoms with van der Waals surface area (Å²) in [6.45, 7) is 0.400. The molecule has 0 spiro atoms. The molecule has 1 amide bonds. The van der Waals surface area contributed by atoms with Gasteiger partial charge in [0, 0.05) is 31.4 Å². The minimum Gasteiger partial charge on any atom is -0.480 e. The summed E-state index contributed by atoms with van der Waals surface area (Å²) in [5, 5.41) is 21.9. The Labute approximate surface area is 120 Å². The number of ether oxygens (including phenoxy) is 1. The van der Waals surface area contributed by atoms with E-state index in [-0.39, 0.29) is 17.7 Å². The molecule has 8 heteroatoms. The Hall–Kier alpha value is -2.48. The zero-order chi connectivity index (χ0) is 15.8.